The minimum absolute atomic E-state index is 0.137. The van der Waals surface area contributed by atoms with Crippen LogP contribution in [0.3, 0.4) is 0 Å². The van der Waals surface area contributed by atoms with Crippen LogP contribution in [0.1, 0.15) is 17.7 Å². The zero-order chi connectivity index (χ0) is 10.0. The van der Waals surface area contributed by atoms with Gasteiger partial charge in [0.15, 0.2) is 11.6 Å². The van der Waals surface area contributed by atoms with Gasteiger partial charge in [-0.1, -0.05) is 0 Å². The maximum absolute atomic E-state index is 12.9. The fourth-order valence-electron chi connectivity index (χ4n) is 0.830. The van der Waals surface area contributed by atoms with Crippen molar-refractivity contribution in [3.05, 3.63) is 23.3 Å². The number of hydrogen-bond donors (Lipinski definition) is 2. The quantitative estimate of drug-likeness (QED) is 0.742. The minimum atomic E-state index is -3.00. The lowest BCUT2D eigenvalue weighted by Gasteiger charge is -2.05. The topological polar surface area (TPSA) is 59.1 Å². The molecule has 6 heteroatoms. The molecule has 3 N–H and O–H groups in total. The zero-order valence-corrected chi connectivity index (χ0v) is 6.47. The Labute approximate surface area is 72.0 Å². The van der Waals surface area contributed by atoms with E-state index in [4.69, 9.17) is 10.8 Å². The average molecular weight is 192 g/mol. The summed E-state index contributed by atoms with van der Waals surface area (Å²) in [5.74, 6) is -2.26. The summed E-state index contributed by atoms with van der Waals surface area (Å²) in [6, 6.07) is 0. The molecule has 0 bridgehead atoms. The maximum atomic E-state index is 12.9. The van der Waals surface area contributed by atoms with Gasteiger partial charge in [-0.15, -0.1) is 0 Å². The Morgan fingerprint density at radius 2 is 2.15 bits per heavy atom. The van der Waals surface area contributed by atoms with Gasteiger partial charge in [0.2, 0.25) is 0 Å². The molecule has 1 heterocycles. The summed E-state index contributed by atoms with van der Waals surface area (Å²) in [6.07, 6.45) is -2.33. The van der Waals surface area contributed by atoms with Gasteiger partial charge < -0.3 is 10.8 Å². The van der Waals surface area contributed by atoms with Gasteiger partial charge in [0.1, 0.15) is 0 Å². The number of alkyl halides is 2. The second-order valence-corrected chi connectivity index (χ2v) is 2.33. The molecule has 1 aromatic heterocycles. The van der Waals surface area contributed by atoms with Crippen molar-refractivity contribution in [3.8, 4) is 5.75 Å². The van der Waals surface area contributed by atoms with Crippen LogP contribution in [0.15, 0.2) is 6.20 Å². The van der Waals surface area contributed by atoms with Crippen molar-refractivity contribution in [2.45, 2.75) is 13.0 Å². The van der Waals surface area contributed by atoms with Gasteiger partial charge in [0, 0.05) is 12.7 Å². The summed E-state index contributed by atoms with van der Waals surface area (Å²) in [5, 5.41) is 8.98. The summed E-state index contributed by atoms with van der Waals surface area (Å²) in [5.41, 5.74) is 4.01. The second kappa shape index (κ2) is 3.61. The van der Waals surface area contributed by atoms with E-state index in [0.29, 0.717) is 6.20 Å². The van der Waals surface area contributed by atoms with E-state index in [1.165, 1.54) is 0 Å². The van der Waals surface area contributed by atoms with Crippen LogP contribution in [0, 0.1) is 5.82 Å². The standard InChI is InChI=1S/C7H7F3N2O/c8-5-3(7(9)10)2-12-4(1-11)6(5)13/h2,7,13H,1,11H2. The number of nitrogens with zero attached hydrogens (tertiary/aromatic N) is 1. The van der Waals surface area contributed by atoms with E-state index in [0.717, 1.165) is 0 Å². The third-order valence-corrected chi connectivity index (χ3v) is 1.52. The van der Waals surface area contributed by atoms with Crippen molar-refractivity contribution >= 4 is 0 Å². The molecule has 1 rings (SSSR count). The largest absolute Gasteiger partial charge is 0.503 e. The Morgan fingerprint density at radius 3 is 2.62 bits per heavy atom. The molecule has 0 aliphatic rings. The smallest absolute Gasteiger partial charge is 0.268 e. The van der Waals surface area contributed by atoms with Crippen molar-refractivity contribution < 1.29 is 18.3 Å². The van der Waals surface area contributed by atoms with Gasteiger partial charge in [-0.2, -0.15) is 0 Å². The molecule has 0 fully saturated rings. The van der Waals surface area contributed by atoms with Crippen LogP contribution >= 0.6 is 0 Å². The molecular weight excluding hydrogens is 185 g/mol. The highest BCUT2D eigenvalue weighted by atomic mass is 19.3. The van der Waals surface area contributed by atoms with Gasteiger partial charge in [-0.25, -0.2) is 13.2 Å². The Hall–Kier alpha value is -1.30. The van der Waals surface area contributed by atoms with Crippen molar-refractivity contribution in [1.82, 2.24) is 4.98 Å². The minimum Gasteiger partial charge on any atom is -0.503 e. The number of halogens is 3. The van der Waals surface area contributed by atoms with Gasteiger partial charge in [-0.05, 0) is 0 Å². The summed E-state index contributed by atoms with van der Waals surface area (Å²) in [4.78, 5) is 3.38. The summed E-state index contributed by atoms with van der Waals surface area (Å²) < 4.78 is 36.9. The summed E-state index contributed by atoms with van der Waals surface area (Å²) in [6.45, 7) is -0.202. The Bertz CT molecular complexity index is 317. The normalized spacial score (nSPS) is 10.8. The molecule has 0 radical (unpaired) electrons. The number of rotatable bonds is 2. The highest BCUT2D eigenvalue weighted by Gasteiger charge is 2.19. The molecule has 0 saturated heterocycles. The summed E-state index contributed by atoms with van der Waals surface area (Å²) >= 11 is 0. The van der Waals surface area contributed by atoms with E-state index in [-0.39, 0.29) is 12.2 Å². The summed E-state index contributed by atoms with van der Waals surface area (Å²) in [7, 11) is 0. The van der Waals surface area contributed by atoms with E-state index < -0.39 is 23.6 Å². The lowest BCUT2D eigenvalue weighted by atomic mass is 10.2. The van der Waals surface area contributed by atoms with Crippen LogP contribution in [-0.4, -0.2) is 10.1 Å². The van der Waals surface area contributed by atoms with E-state index in [1.807, 2.05) is 0 Å². The fraction of sp³-hybridized carbons (Fsp3) is 0.286. The van der Waals surface area contributed by atoms with Crippen LogP contribution in [-0.2, 0) is 6.54 Å². The van der Waals surface area contributed by atoms with Crippen molar-refractivity contribution in [1.29, 1.82) is 0 Å². The average Bonchev–Trinajstić information content (AvgIpc) is 2.09. The first-order valence-corrected chi connectivity index (χ1v) is 3.42. The molecule has 0 aliphatic heterocycles. The van der Waals surface area contributed by atoms with Crippen LogP contribution in [0.5, 0.6) is 5.75 Å². The highest BCUT2D eigenvalue weighted by Crippen LogP contribution is 2.28. The van der Waals surface area contributed by atoms with Crippen molar-refractivity contribution in [2.24, 2.45) is 5.73 Å². The van der Waals surface area contributed by atoms with E-state index >= 15 is 0 Å². The molecule has 0 spiro atoms. The molecule has 0 unspecified atom stereocenters. The number of nitrogens with two attached hydrogens (primary N) is 1. The van der Waals surface area contributed by atoms with E-state index in [1.54, 1.807) is 0 Å². The molecule has 0 saturated carbocycles. The molecule has 0 aliphatic carbocycles. The van der Waals surface area contributed by atoms with Gasteiger partial charge >= 0.3 is 0 Å². The van der Waals surface area contributed by atoms with Crippen LogP contribution in [0.25, 0.3) is 0 Å². The molecule has 3 nitrogen and oxygen atoms in total. The van der Waals surface area contributed by atoms with Gasteiger partial charge in [-0.3, -0.25) is 4.98 Å². The second-order valence-electron chi connectivity index (χ2n) is 2.33. The monoisotopic (exact) mass is 192 g/mol. The maximum Gasteiger partial charge on any atom is 0.268 e. The third-order valence-electron chi connectivity index (χ3n) is 1.52. The van der Waals surface area contributed by atoms with Crippen molar-refractivity contribution in [2.75, 3.05) is 0 Å². The lowest BCUT2D eigenvalue weighted by molar-refractivity contribution is 0.144. The zero-order valence-electron chi connectivity index (χ0n) is 6.47. The number of aromatic hydroxyl groups is 1. The lowest BCUT2D eigenvalue weighted by Crippen LogP contribution is -2.03. The molecule has 72 valence electrons. The van der Waals surface area contributed by atoms with Crippen LogP contribution in [0.4, 0.5) is 13.2 Å². The Kier molecular flexibility index (Phi) is 2.72. The molecule has 0 aromatic carbocycles. The van der Waals surface area contributed by atoms with Gasteiger partial charge in [0.05, 0.1) is 11.3 Å². The predicted molar refractivity (Wildman–Crippen MR) is 38.7 cm³/mol. The first kappa shape index (κ1) is 9.79. The first-order valence-electron chi connectivity index (χ1n) is 3.42. The fourth-order valence-corrected chi connectivity index (χ4v) is 0.830. The number of aromatic nitrogens is 1. The number of hydrogen-bond acceptors (Lipinski definition) is 3. The van der Waals surface area contributed by atoms with Gasteiger partial charge in [0.25, 0.3) is 6.43 Å². The van der Waals surface area contributed by atoms with Crippen LogP contribution in [0.2, 0.25) is 0 Å². The van der Waals surface area contributed by atoms with Crippen LogP contribution < -0.4 is 5.73 Å². The van der Waals surface area contributed by atoms with E-state index in [9.17, 15) is 13.2 Å². The first-order chi connectivity index (χ1) is 6.07. The predicted octanol–water partition coefficient (Wildman–Crippen LogP) is 1.32. The highest BCUT2D eigenvalue weighted by molar-refractivity contribution is 5.32. The molecule has 1 aromatic rings. The van der Waals surface area contributed by atoms with E-state index in [2.05, 4.69) is 4.98 Å². The Balaban J connectivity index is 3.23. The SMILES string of the molecule is NCc1ncc(C(F)F)c(F)c1O. The molecular formula is C7H7F3N2O. The molecule has 0 amide bonds. The van der Waals surface area contributed by atoms with Crippen molar-refractivity contribution in [3.63, 3.8) is 0 Å². The number of pyridine rings is 1. The Morgan fingerprint density at radius 1 is 1.54 bits per heavy atom. The molecule has 13 heavy (non-hydrogen) atoms. The molecule has 0 atom stereocenters. The third kappa shape index (κ3) is 1.72.